The van der Waals surface area contributed by atoms with Crippen LogP contribution in [0.2, 0.25) is 0 Å². The minimum atomic E-state index is -0.0561. The highest BCUT2D eigenvalue weighted by atomic mass is 32.2. The Morgan fingerprint density at radius 2 is 1.53 bits per heavy atom. The molecule has 1 aliphatic rings. The third-order valence-electron chi connectivity index (χ3n) is 2.96. The normalized spacial score (nSPS) is 21.2. The Balaban J connectivity index is 2.05. The molecule has 1 aliphatic heterocycles. The summed E-state index contributed by atoms with van der Waals surface area (Å²) in [4.78, 5) is 3.12. The van der Waals surface area contributed by atoms with Gasteiger partial charge in [-0.3, -0.25) is 0 Å². The number of benzene rings is 2. The van der Waals surface area contributed by atoms with Gasteiger partial charge in [0.05, 0.1) is 0 Å². The summed E-state index contributed by atoms with van der Waals surface area (Å²) in [5.41, 5.74) is 1.56. The maximum atomic E-state index is 2.31. The number of thiol groups is 1. The second-order valence-corrected chi connectivity index (χ2v) is 6.17. The van der Waals surface area contributed by atoms with Crippen molar-refractivity contribution in [3.63, 3.8) is 0 Å². The maximum absolute atomic E-state index is 2.31. The van der Waals surface area contributed by atoms with Gasteiger partial charge in [-0.25, -0.2) is 0 Å². The molecule has 0 fully saturated rings. The Labute approximate surface area is 93.3 Å². The van der Waals surface area contributed by atoms with E-state index in [9.17, 15) is 0 Å². The van der Waals surface area contributed by atoms with Crippen molar-refractivity contribution in [1.29, 1.82) is 0 Å². The van der Waals surface area contributed by atoms with E-state index in [0.717, 1.165) is 0 Å². The SMILES string of the molecule is c1ccc([SH]2CCc3ccccc32)cc1. The predicted molar refractivity (Wildman–Crippen MR) is 67.0 cm³/mol. The molecule has 1 unspecified atom stereocenters. The summed E-state index contributed by atoms with van der Waals surface area (Å²) >= 11 is 0. The Bertz CT molecular complexity index is 462. The number of hydrogen-bond donors (Lipinski definition) is 1. The molecule has 0 nitrogen and oxygen atoms in total. The van der Waals surface area contributed by atoms with Crippen LogP contribution in [-0.4, -0.2) is 5.75 Å². The van der Waals surface area contributed by atoms with Gasteiger partial charge in [0.25, 0.3) is 0 Å². The van der Waals surface area contributed by atoms with Gasteiger partial charge in [0.2, 0.25) is 0 Å². The van der Waals surface area contributed by atoms with Gasteiger partial charge in [0, 0.05) is 0 Å². The fourth-order valence-corrected chi connectivity index (χ4v) is 4.79. The highest BCUT2D eigenvalue weighted by Gasteiger charge is 2.19. The molecule has 2 aromatic rings. The lowest BCUT2D eigenvalue weighted by molar-refractivity contribution is 1.15. The first-order chi connectivity index (χ1) is 7.45. The van der Waals surface area contributed by atoms with E-state index < -0.39 is 0 Å². The summed E-state index contributed by atoms with van der Waals surface area (Å²) in [5, 5.41) is 0. The van der Waals surface area contributed by atoms with E-state index in [0.29, 0.717) is 0 Å². The van der Waals surface area contributed by atoms with Crippen molar-refractivity contribution >= 4 is 10.9 Å². The van der Waals surface area contributed by atoms with Crippen molar-refractivity contribution in [3.8, 4) is 0 Å². The molecular weight excluding hydrogens is 200 g/mol. The summed E-state index contributed by atoms with van der Waals surface area (Å²) in [7, 11) is -0.0561. The molecule has 2 aromatic carbocycles. The summed E-state index contributed by atoms with van der Waals surface area (Å²) in [6, 6.07) is 19.9. The second-order valence-electron chi connectivity index (χ2n) is 3.87. The van der Waals surface area contributed by atoms with Crippen LogP contribution in [0.25, 0.3) is 0 Å². The Morgan fingerprint density at radius 3 is 2.40 bits per heavy atom. The van der Waals surface area contributed by atoms with Crippen molar-refractivity contribution in [2.75, 3.05) is 5.75 Å². The Hall–Kier alpha value is -1.21. The molecular formula is C14H14S. The van der Waals surface area contributed by atoms with Crippen LogP contribution >= 0.6 is 10.9 Å². The lowest BCUT2D eigenvalue weighted by Crippen LogP contribution is -1.82. The van der Waals surface area contributed by atoms with Crippen LogP contribution in [0, 0.1) is 0 Å². The highest BCUT2D eigenvalue weighted by molar-refractivity contribution is 8.17. The molecule has 76 valence electrons. The molecule has 1 atom stereocenters. The van der Waals surface area contributed by atoms with Crippen LogP contribution in [0.1, 0.15) is 5.56 Å². The molecule has 15 heavy (non-hydrogen) atoms. The standard InChI is InChI=1S/C14H14S/c1-2-7-13(8-3-1)15-11-10-12-6-4-5-9-14(12)15/h1-9,15H,10-11H2. The van der Waals surface area contributed by atoms with Crippen LogP contribution in [0.15, 0.2) is 64.4 Å². The first-order valence-corrected chi connectivity index (χ1v) is 6.88. The molecule has 0 saturated heterocycles. The maximum Gasteiger partial charge on any atom is -0.00529 e. The van der Waals surface area contributed by atoms with Crippen molar-refractivity contribution in [2.45, 2.75) is 16.2 Å². The molecule has 1 heterocycles. The second kappa shape index (κ2) is 3.74. The van der Waals surface area contributed by atoms with Crippen molar-refractivity contribution in [2.24, 2.45) is 0 Å². The molecule has 0 N–H and O–H groups in total. The summed E-state index contributed by atoms with van der Waals surface area (Å²) < 4.78 is 0. The van der Waals surface area contributed by atoms with Gasteiger partial charge in [-0.15, -0.1) is 0 Å². The molecule has 0 aromatic heterocycles. The minimum absolute atomic E-state index is 0.0561. The Morgan fingerprint density at radius 1 is 0.800 bits per heavy atom. The molecule has 0 radical (unpaired) electrons. The average Bonchev–Trinajstić information content (AvgIpc) is 2.74. The van der Waals surface area contributed by atoms with E-state index >= 15 is 0 Å². The van der Waals surface area contributed by atoms with Crippen LogP contribution in [0.5, 0.6) is 0 Å². The first-order valence-electron chi connectivity index (χ1n) is 5.36. The summed E-state index contributed by atoms with van der Waals surface area (Å²) in [6.45, 7) is 0. The topological polar surface area (TPSA) is 0 Å². The first kappa shape index (κ1) is 9.05. The monoisotopic (exact) mass is 214 g/mol. The zero-order valence-electron chi connectivity index (χ0n) is 8.56. The largest absolute Gasteiger partial charge is 0.199 e. The quantitative estimate of drug-likeness (QED) is 0.688. The fraction of sp³-hybridized carbons (Fsp3) is 0.143. The highest BCUT2D eigenvalue weighted by Crippen LogP contribution is 2.50. The van der Waals surface area contributed by atoms with Gasteiger partial charge in [-0.05, 0) is 33.6 Å². The van der Waals surface area contributed by atoms with E-state index in [4.69, 9.17) is 0 Å². The van der Waals surface area contributed by atoms with E-state index in [1.54, 1.807) is 10.5 Å². The van der Waals surface area contributed by atoms with Gasteiger partial charge >= 0.3 is 0 Å². The molecule has 0 aliphatic carbocycles. The third-order valence-corrected chi connectivity index (χ3v) is 5.57. The van der Waals surface area contributed by atoms with Crippen LogP contribution in [0.3, 0.4) is 0 Å². The molecule has 1 heteroatoms. The van der Waals surface area contributed by atoms with Crippen LogP contribution in [-0.2, 0) is 6.42 Å². The van der Waals surface area contributed by atoms with Gasteiger partial charge in [-0.2, -0.15) is 10.9 Å². The summed E-state index contributed by atoms with van der Waals surface area (Å²) in [5.74, 6) is 1.33. The van der Waals surface area contributed by atoms with Crippen molar-refractivity contribution in [1.82, 2.24) is 0 Å². The predicted octanol–water partition coefficient (Wildman–Crippen LogP) is 3.66. The smallest absolute Gasteiger partial charge is 0.00529 e. The lowest BCUT2D eigenvalue weighted by Gasteiger charge is -2.16. The van der Waals surface area contributed by atoms with E-state index in [1.807, 2.05) is 0 Å². The number of hydrogen-bond acceptors (Lipinski definition) is 0. The zero-order chi connectivity index (χ0) is 10.1. The Kier molecular flexibility index (Phi) is 2.26. The molecule has 0 saturated carbocycles. The molecule has 0 bridgehead atoms. The molecule has 0 spiro atoms. The van der Waals surface area contributed by atoms with Crippen molar-refractivity contribution in [3.05, 3.63) is 60.2 Å². The number of fused-ring (bicyclic) bond motifs is 1. The summed E-state index contributed by atoms with van der Waals surface area (Å²) in [6.07, 6.45) is 1.26. The fourth-order valence-electron chi connectivity index (χ4n) is 2.21. The van der Waals surface area contributed by atoms with Gasteiger partial charge in [0.15, 0.2) is 0 Å². The minimum Gasteiger partial charge on any atom is -0.199 e. The van der Waals surface area contributed by atoms with Crippen molar-refractivity contribution < 1.29 is 0 Å². The van der Waals surface area contributed by atoms with Gasteiger partial charge in [-0.1, -0.05) is 48.5 Å². The lowest BCUT2D eigenvalue weighted by atomic mass is 10.2. The number of aryl methyl sites for hydroxylation is 1. The average molecular weight is 214 g/mol. The van der Waals surface area contributed by atoms with Gasteiger partial charge < -0.3 is 0 Å². The van der Waals surface area contributed by atoms with Crippen LogP contribution < -0.4 is 0 Å². The zero-order valence-corrected chi connectivity index (χ0v) is 9.45. The third kappa shape index (κ3) is 1.57. The van der Waals surface area contributed by atoms with Gasteiger partial charge in [0.1, 0.15) is 0 Å². The van der Waals surface area contributed by atoms with E-state index in [-0.39, 0.29) is 10.9 Å². The van der Waals surface area contributed by atoms with E-state index in [2.05, 4.69) is 54.6 Å². The van der Waals surface area contributed by atoms with E-state index in [1.165, 1.54) is 17.1 Å². The molecule has 0 amide bonds. The van der Waals surface area contributed by atoms with Crippen LogP contribution in [0.4, 0.5) is 0 Å². The molecule has 3 rings (SSSR count). The number of rotatable bonds is 1.